The molecule has 0 spiro atoms. The van der Waals surface area contributed by atoms with Crippen molar-refractivity contribution in [3.8, 4) is 0 Å². The van der Waals surface area contributed by atoms with Crippen LogP contribution >= 0.6 is 0 Å². The molecule has 1 N–H and O–H groups in total. The number of likely N-dealkylation sites (tertiary alicyclic amines) is 1. The van der Waals surface area contributed by atoms with E-state index >= 15 is 0 Å². The maximum absolute atomic E-state index is 10.1. The number of oxime groups is 1. The molecule has 1 atom stereocenters. The van der Waals surface area contributed by atoms with E-state index in [-0.39, 0.29) is 6.61 Å². The van der Waals surface area contributed by atoms with Crippen LogP contribution < -0.4 is 0 Å². The maximum Gasteiger partial charge on any atom is 0.144 e. The molecule has 0 aromatic heterocycles. The Morgan fingerprint density at radius 2 is 1.83 bits per heavy atom. The number of benzene rings is 1. The molecule has 0 amide bonds. The molecule has 1 saturated heterocycles. The summed E-state index contributed by atoms with van der Waals surface area (Å²) in [6.07, 6.45) is 8.60. The highest BCUT2D eigenvalue weighted by atomic mass is 16.6. The van der Waals surface area contributed by atoms with Crippen LogP contribution in [0.1, 0.15) is 44.1 Å². The minimum absolute atomic E-state index is 0.276. The summed E-state index contributed by atoms with van der Waals surface area (Å²) in [5.41, 5.74) is 3.51. The Balaban J connectivity index is 1.54. The Morgan fingerprint density at radius 1 is 1.08 bits per heavy atom. The summed E-state index contributed by atoms with van der Waals surface area (Å²) in [5.74, 6) is 0. The fourth-order valence-electron chi connectivity index (χ4n) is 3.44. The molecule has 130 valence electrons. The van der Waals surface area contributed by atoms with Crippen molar-refractivity contribution in [3.05, 3.63) is 41.5 Å². The number of aliphatic hydroxyl groups excluding tert-OH is 1. The normalized spacial score (nSPS) is 23.7. The van der Waals surface area contributed by atoms with Gasteiger partial charge in [0.05, 0.1) is 5.71 Å². The van der Waals surface area contributed by atoms with E-state index in [4.69, 9.17) is 4.84 Å². The minimum Gasteiger partial charge on any atom is -0.393 e. The summed E-state index contributed by atoms with van der Waals surface area (Å²) in [5, 5.41) is 14.4. The number of hydrogen-bond acceptors (Lipinski definition) is 4. The maximum atomic E-state index is 10.1. The molecule has 0 bridgehead atoms. The lowest BCUT2D eigenvalue weighted by Gasteiger charge is -2.19. The third kappa shape index (κ3) is 5.18. The van der Waals surface area contributed by atoms with Gasteiger partial charge in [-0.3, -0.25) is 0 Å². The van der Waals surface area contributed by atoms with Crippen molar-refractivity contribution in [2.75, 3.05) is 26.2 Å². The summed E-state index contributed by atoms with van der Waals surface area (Å²) in [6, 6.07) is 10.4. The van der Waals surface area contributed by atoms with Crippen LogP contribution in [0.3, 0.4) is 0 Å². The van der Waals surface area contributed by atoms with Crippen LogP contribution in [0, 0.1) is 0 Å². The molecule has 2 fully saturated rings. The molecule has 4 nitrogen and oxygen atoms in total. The van der Waals surface area contributed by atoms with Crippen LogP contribution in [-0.4, -0.2) is 48.1 Å². The molecule has 1 aliphatic carbocycles. The molecule has 1 heterocycles. The zero-order chi connectivity index (χ0) is 16.6. The number of allylic oxidation sites excluding steroid dienone is 1. The minimum atomic E-state index is -0.461. The average Bonchev–Trinajstić information content (AvgIpc) is 3.10. The van der Waals surface area contributed by atoms with E-state index in [1.54, 1.807) is 0 Å². The van der Waals surface area contributed by atoms with E-state index in [2.05, 4.69) is 40.4 Å². The van der Waals surface area contributed by atoms with Crippen molar-refractivity contribution in [1.29, 1.82) is 0 Å². The number of nitrogens with zero attached hydrogens (tertiary/aromatic N) is 2. The summed E-state index contributed by atoms with van der Waals surface area (Å²) >= 11 is 0. The predicted octanol–water partition coefficient (Wildman–Crippen LogP) is 3.47. The van der Waals surface area contributed by atoms with E-state index in [1.807, 2.05) is 6.07 Å². The van der Waals surface area contributed by atoms with Gasteiger partial charge in [0.1, 0.15) is 12.7 Å². The van der Waals surface area contributed by atoms with Gasteiger partial charge in [0.15, 0.2) is 0 Å². The Labute approximate surface area is 144 Å². The SMILES string of the molecule is OC(CO/N=C1\CCCC\C1=C\c1ccccc1)CN1CCCC1. The fourth-order valence-corrected chi connectivity index (χ4v) is 3.44. The molecule has 1 aromatic rings. The molecule has 1 saturated carbocycles. The molecular weight excluding hydrogens is 300 g/mol. The smallest absolute Gasteiger partial charge is 0.144 e. The topological polar surface area (TPSA) is 45.1 Å². The van der Waals surface area contributed by atoms with Crippen molar-refractivity contribution >= 4 is 11.8 Å². The molecule has 2 aliphatic rings. The lowest BCUT2D eigenvalue weighted by molar-refractivity contribution is 0.0227. The lowest BCUT2D eigenvalue weighted by Crippen LogP contribution is -2.32. The largest absolute Gasteiger partial charge is 0.393 e. The highest BCUT2D eigenvalue weighted by Crippen LogP contribution is 2.23. The first kappa shape index (κ1) is 17.2. The van der Waals surface area contributed by atoms with E-state index in [0.29, 0.717) is 6.54 Å². The van der Waals surface area contributed by atoms with Gasteiger partial charge < -0.3 is 14.8 Å². The van der Waals surface area contributed by atoms with Crippen LogP contribution in [0.5, 0.6) is 0 Å². The zero-order valence-corrected chi connectivity index (χ0v) is 14.4. The van der Waals surface area contributed by atoms with Gasteiger partial charge in [0.25, 0.3) is 0 Å². The molecule has 3 rings (SSSR count). The Hall–Kier alpha value is -1.65. The van der Waals surface area contributed by atoms with E-state index < -0.39 is 6.10 Å². The zero-order valence-electron chi connectivity index (χ0n) is 14.4. The number of hydrogen-bond donors (Lipinski definition) is 1. The number of β-amino-alcohol motifs (C(OH)–C–C–N with tert-alkyl or cyclic N) is 1. The van der Waals surface area contributed by atoms with Crippen molar-refractivity contribution in [3.63, 3.8) is 0 Å². The molecule has 24 heavy (non-hydrogen) atoms. The second kappa shape index (κ2) is 9.00. The monoisotopic (exact) mass is 328 g/mol. The molecule has 1 unspecified atom stereocenters. The van der Waals surface area contributed by atoms with Crippen molar-refractivity contribution in [1.82, 2.24) is 4.90 Å². The third-order valence-electron chi connectivity index (χ3n) is 4.73. The fraction of sp³-hybridized carbons (Fsp3) is 0.550. The van der Waals surface area contributed by atoms with Crippen LogP contribution in [-0.2, 0) is 4.84 Å². The summed E-state index contributed by atoms with van der Waals surface area (Å²) < 4.78 is 0. The molecular formula is C20H28N2O2. The average molecular weight is 328 g/mol. The Kier molecular flexibility index (Phi) is 6.44. The van der Waals surface area contributed by atoms with Gasteiger partial charge in [-0.1, -0.05) is 35.5 Å². The first-order valence-corrected chi connectivity index (χ1v) is 9.16. The van der Waals surface area contributed by atoms with Crippen molar-refractivity contribution in [2.24, 2.45) is 5.16 Å². The van der Waals surface area contributed by atoms with Crippen LogP contribution in [0.25, 0.3) is 6.08 Å². The first-order valence-electron chi connectivity index (χ1n) is 9.16. The van der Waals surface area contributed by atoms with Gasteiger partial charge in [-0.2, -0.15) is 0 Å². The standard InChI is InChI=1S/C20H28N2O2/c23-19(15-22-12-6-7-13-22)16-24-21-20-11-5-4-10-18(20)14-17-8-2-1-3-9-17/h1-3,8-9,14,19,23H,4-7,10-13,15-16H2/b18-14-,21-20+. The number of aliphatic hydroxyl groups is 1. The summed E-state index contributed by atoms with van der Waals surface area (Å²) in [4.78, 5) is 7.78. The van der Waals surface area contributed by atoms with Gasteiger partial charge in [-0.25, -0.2) is 0 Å². The molecule has 0 radical (unpaired) electrons. The van der Waals surface area contributed by atoms with Gasteiger partial charge in [-0.15, -0.1) is 0 Å². The summed E-state index contributed by atoms with van der Waals surface area (Å²) in [6.45, 7) is 3.15. The van der Waals surface area contributed by atoms with Gasteiger partial charge in [0, 0.05) is 6.54 Å². The van der Waals surface area contributed by atoms with Crippen molar-refractivity contribution in [2.45, 2.75) is 44.6 Å². The van der Waals surface area contributed by atoms with E-state index in [0.717, 1.165) is 38.1 Å². The molecule has 1 aliphatic heterocycles. The first-order chi connectivity index (χ1) is 11.8. The summed E-state index contributed by atoms with van der Waals surface area (Å²) in [7, 11) is 0. The van der Waals surface area contributed by atoms with E-state index in [9.17, 15) is 5.11 Å². The van der Waals surface area contributed by atoms with Gasteiger partial charge >= 0.3 is 0 Å². The second-order valence-corrected chi connectivity index (χ2v) is 6.78. The van der Waals surface area contributed by atoms with Crippen molar-refractivity contribution < 1.29 is 9.94 Å². The predicted molar refractivity (Wildman–Crippen MR) is 98.0 cm³/mol. The highest BCUT2D eigenvalue weighted by molar-refractivity contribution is 6.03. The second-order valence-electron chi connectivity index (χ2n) is 6.78. The lowest BCUT2D eigenvalue weighted by atomic mass is 9.91. The Morgan fingerprint density at radius 3 is 2.62 bits per heavy atom. The van der Waals surface area contributed by atoms with Crippen LogP contribution in [0.4, 0.5) is 0 Å². The van der Waals surface area contributed by atoms with Crippen LogP contribution in [0.15, 0.2) is 41.1 Å². The molecule has 4 heteroatoms. The quantitative estimate of drug-likeness (QED) is 0.813. The van der Waals surface area contributed by atoms with E-state index in [1.165, 1.54) is 30.4 Å². The van der Waals surface area contributed by atoms with Gasteiger partial charge in [0.2, 0.25) is 0 Å². The van der Waals surface area contributed by atoms with Crippen LogP contribution in [0.2, 0.25) is 0 Å². The third-order valence-corrected chi connectivity index (χ3v) is 4.73. The van der Waals surface area contributed by atoms with Gasteiger partial charge in [-0.05, 0) is 68.8 Å². The number of rotatable bonds is 6. The molecule has 1 aromatic carbocycles. The Bertz CT molecular complexity index is 562. The highest BCUT2D eigenvalue weighted by Gasteiger charge is 2.17.